The van der Waals surface area contributed by atoms with Crippen molar-refractivity contribution in [3.8, 4) is 0 Å². The summed E-state index contributed by atoms with van der Waals surface area (Å²) in [5.41, 5.74) is 3.85. The monoisotopic (exact) mass is 500 g/mol. The average Bonchev–Trinajstić information content (AvgIpc) is 2.81. The quantitative estimate of drug-likeness (QED) is 0.367. The van der Waals surface area contributed by atoms with Crippen LogP contribution in [0.3, 0.4) is 0 Å². The zero-order chi connectivity index (χ0) is 22.6. The Morgan fingerprint density at radius 2 is 1.35 bits per heavy atom. The summed E-state index contributed by atoms with van der Waals surface area (Å²) in [5.74, 6) is 0. The molecule has 1 heterocycles. The lowest BCUT2D eigenvalue weighted by atomic mass is 9.91. The average molecular weight is 501 g/mol. The van der Waals surface area contributed by atoms with Gasteiger partial charge in [0, 0.05) is 14.7 Å². The van der Waals surface area contributed by atoms with Crippen molar-refractivity contribution >= 4 is 54.9 Å². The van der Waals surface area contributed by atoms with Crippen LogP contribution in [0.1, 0.15) is 24.0 Å². The minimum absolute atomic E-state index is 0.000366. The van der Waals surface area contributed by atoms with Crippen molar-refractivity contribution in [1.82, 2.24) is 0 Å². The Hall–Kier alpha value is -1.30. The molecule has 10 heteroatoms. The van der Waals surface area contributed by atoms with Crippen LogP contribution in [0, 0.1) is 0 Å². The second-order valence-electron chi connectivity index (χ2n) is 6.97. The second-order valence-corrected chi connectivity index (χ2v) is 12.2. The van der Waals surface area contributed by atoms with Gasteiger partial charge in [0.2, 0.25) is 0 Å². The molecule has 0 unspecified atom stereocenters. The van der Waals surface area contributed by atoms with E-state index in [0.29, 0.717) is 12.8 Å². The maximum atomic E-state index is 11.5. The minimum atomic E-state index is -3.57. The van der Waals surface area contributed by atoms with Crippen molar-refractivity contribution < 1.29 is 25.2 Å². The molecule has 0 N–H and O–H groups in total. The molecule has 0 saturated heterocycles. The summed E-state index contributed by atoms with van der Waals surface area (Å²) >= 11 is 3.26. The predicted octanol–water partition coefficient (Wildman–Crippen LogP) is 4.52. The fourth-order valence-corrected chi connectivity index (χ4v) is 5.70. The third-order valence-corrected chi connectivity index (χ3v) is 7.67. The molecule has 168 valence electrons. The van der Waals surface area contributed by atoms with Crippen molar-refractivity contribution in [1.29, 1.82) is 0 Å². The van der Waals surface area contributed by atoms with Gasteiger partial charge in [-0.05, 0) is 65.6 Å². The molecule has 1 aliphatic rings. The van der Waals surface area contributed by atoms with Crippen molar-refractivity contribution in [2.75, 3.05) is 32.0 Å². The van der Waals surface area contributed by atoms with E-state index in [1.165, 1.54) is 0 Å². The first-order valence-electron chi connectivity index (χ1n) is 9.44. The van der Waals surface area contributed by atoms with Crippen LogP contribution in [0.4, 0.5) is 0 Å². The van der Waals surface area contributed by atoms with Gasteiger partial charge in [0.15, 0.2) is 0 Å². The van der Waals surface area contributed by atoms with E-state index in [2.05, 4.69) is 18.2 Å². The van der Waals surface area contributed by atoms with Crippen LogP contribution in [0.15, 0.2) is 57.2 Å². The molecule has 2 aromatic carbocycles. The third kappa shape index (κ3) is 6.84. The number of hydrogen-bond donors (Lipinski definition) is 0. The van der Waals surface area contributed by atoms with Crippen LogP contribution >= 0.6 is 23.5 Å². The van der Waals surface area contributed by atoms with Crippen LogP contribution in [0.5, 0.6) is 0 Å². The second kappa shape index (κ2) is 10.1. The summed E-state index contributed by atoms with van der Waals surface area (Å²) in [6, 6.07) is 14.1. The molecule has 0 saturated carbocycles. The zero-order valence-corrected chi connectivity index (χ0v) is 20.7. The van der Waals surface area contributed by atoms with E-state index in [0.717, 1.165) is 49.5 Å². The molecule has 0 fully saturated rings. The Balaban J connectivity index is 2.13. The maximum absolute atomic E-state index is 11.5. The smallest absolute Gasteiger partial charge is 0.264 e. The fourth-order valence-electron chi connectivity index (χ4n) is 3.37. The van der Waals surface area contributed by atoms with Crippen LogP contribution in [-0.4, -0.2) is 48.8 Å². The summed E-state index contributed by atoms with van der Waals surface area (Å²) in [6.45, 7) is 0.00151. The lowest BCUT2D eigenvalue weighted by Crippen LogP contribution is -2.08. The van der Waals surface area contributed by atoms with Gasteiger partial charge in [-0.2, -0.15) is 16.8 Å². The maximum Gasteiger partial charge on any atom is 0.264 e. The minimum Gasteiger partial charge on any atom is -0.270 e. The molecule has 1 aliphatic heterocycles. The third-order valence-electron chi connectivity index (χ3n) is 4.61. The van der Waals surface area contributed by atoms with Crippen LogP contribution in [-0.2, 0) is 28.6 Å². The number of rotatable bonds is 9. The van der Waals surface area contributed by atoms with Gasteiger partial charge in [-0.1, -0.05) is 30.0 Å². The summed E-state index contributed by atoms with van der Waals surface area (Å²) < 4.78 is 56.1. The number of fused-ring (bicyclic) bond motifs is 2. The SMILES string of the molecule is CSc1ccc2c(c1)C(CCOS(C)(=O)=O)=C(CCOS(C)(=O)=O)c1ccccc1S2. The van der Waals surface area contributed by atoms with Gasteiger partial charge in [-0.25, -0.2) is 0 Å². The highest BCUT2D eigenvalue weighted by Gasteiger charge is 2.23. The van der Waals surface area contributed by atoms with E-state index in [1.54, 1.807) is 23.5 Å². The fraction of sp³-hybridized carbons (Fsp3) is 0.333. The summed E-state index contributed by atoms with van der Waals surface area (Å²) in [4.78, 5) is 3.19. The Morgan fingerprint density at radius 3 is 1.94 bits per heavy atom. The highest BCUT2D eigenvalue weighted by atomic mass is 32.2. The molecule has 31 heavy (non-hydrogen) atoms. The van der Waals surface area contributed by atoms with Crippen molar-refractivity contribution in [3.05, 3.63) is 53.6 Å². The Morgan fingerprint density at radius 1 is 0.806 bits per heavy atom. The number of benzene rings is 2. The molecular formula is C21H24O6S4. The van der Waals surface area contributed by atoms with Crippen molar-refractivity contribution in [3.63, 3.8) is 0 Å². The molecule has 0 radical (unpaired) electrons. The summed E-state index contributed by atoms with van der Waals surface area (Å²) in [7, 11) is -7.15. The van der Waals surface area contributed by atoms with E-state index in [-0.39, 0.29) is 13.2 Å². The first kappa shape index (κ1) is 24.3. The van der Waals surface area contributed by atoms with E-state index < -0.39 is 20.2 Å². The van der Waals surface area contributed by atoms with E-state index in [4.69, 9.17) is 8.37 Å². The lowest BCUT2D eigenvalue weighted by Gasteiger charge is -2.17. The standard InChI is InChI=1S/C21H24O6S4/c1-28-15-8-9-21-19(14-15)17(11-13-27-31(3,24)25)16(10-12-26-30(2,22)23)18-6-4-5-7-20(18)29-21/h4-9,14H,10-13H2,1-3H3. The molecule has 6 nitrogen and oxygen atoms in total. The normalized spacial score (nSPS) is 14.2. The van der Waals surface area contributed by atoms with Gasteiger partial charge < -0.3 is 0 Å². The molecule has 3 rings (SSSR count). The van der Waals surface area contributed by atoms with Crippen molar-refractivity contribution in [2.45, 2.75) is 27.5 Å². The van der Waals surface area contributed by atoms with Crippen molar-refractivity contribution in [2.24, 2.45) is 0 Å². The molecule has 0 aliphatic carbocycles. The molecule has 0 spiro atoms. The summed E-state index contributed by atoms with van der Waals surface area (Å²) in [6.07, 6.45) is 4.78. The zero-order valence-electron chi connectivity index (χ0n) is 17.5. The van der Waals surface area contributed by atoms with Crippen LogP contribution in [0.25, 0.3) is 11.1 Å². The van der Waals surface area contributed by atoms with Gasteiger partial charge >= 0.3 is 0 Å². The van der Waals surface area contributed by atoms with Crippen LogP contribution in [0.2, 0.25) is 0 Å². The number of hydrogen-bond acceptors (Lipinski definition) is 8. The van der Waals surface area contributed by atoms with Gasteiger partial charge in [0.1, 0.15) is 0 Å². The molecule has 2 aromatic rings. The van der Waals surface area contributed by atoms with Gasteiger partial charge in [0.25, 0.3) is 20.2 Å². The summed E-state index contributed by atoms with van der Waals surface area (Å²) in [5, 5.41) is 0. The van der Waals surface area contributed by atoms with Gasteiger partial charge in [-0.15, -0.1) is 11.8 Å². The predicted molar refractivity (Wildman–Crippen MR) is 126 cm³/mol. The highest BCUT2D eigenvalue weighted by molar-refractivity contribution is 7.99. The van der Waals surface area contributed by atoms with Crippen LogP contribution < -0.4 is 0 Å². The van der Waals surface area contributed by atoms with E-state index in [9.17, 15) is 16.8 Å². The topological polar surface area (TPSA) is 86.7 Å². The largest absolute Gasteiger partial charge is 0.270 e. The van der Waals surface area contributed by atoms with Gasteiger partial charge in [-0.3, -0.25) is 8.37 Å². The molecule has 0 atom stereocenters. The molecular weight excluding hydrogens is 476 g/mol. The Bertz CT molecular complexity index is 1200. The highest BCUT2D eigenvalue weighted by Crippen LogP contribution is 2.47. The Kier molecular flexibility index (Phi) is 7.93. The molecule has 0 aromatic heterocycles. The molecule has 0 amide bonds. The Labute approximate surface area is 192 Å². The number of thioether (sulfide) groups is 1. The first-order valence-corrected chi connectivity index (χ1v) is 15.1. The van der Waals surface area contributed by atoms with E-state index in [1.807, 2.05) is 30.5 Å². The van der Waals surface area contributed by atoms with E-state index >= 15 is 0 Å². The first-order chi connectivity index (χ1) is 14.6. The lowest BCUT2D eigenvalue weighted by molar-refractivity contribution is 0.327. The van der Waals surface area contributed by atoms with Gasteiger partial charge in [0.05, 0.1) is 25.7 Å². The molecule has 0 bridgehead atoms.